The number of alkyl halides is 3. The van der Waals surface area contributed by atoms with Gasteiger partial charge in [-0.05, 0) is 18.1 Å². The van der Waals surface area contributed by atoms with Crippen LogP contribution in [-0.2, 0) is 16.3 Å². The Kier molecular flexibility index (Phi) is 4.36. The van der Waals surface area contributed by atoms with Gasteiger partial charge in [0, 0.05) is 0 Å². The van der Waals surface area contributed by atoms with Gasteiger partial charge in [0.25, 0.3) is 0 Å². The maximum Gasteiger partial charge on any atom is 0.412 e. The zero-order valence-corrected chi connectivity index (χ0v) is 7.99. The van der Waals surface area contributed by atoms with E-state index in [2.05, 4.69) is 16.3 Å². The van der Waals surface area contributed by atoms with Crippen molar-refractivity contribution in [1.29, 1.82) is 0 Å². The van der Waals surface area contributed by atoms with E-state index in [0.717, 1.165) is 11.4 Å². The second kappa shape index (κ2) is 4.09. The molecular formula is C3H6F3O2PS2. The Morgan fingerprint density at radius 2 is 2.09 bits per heavy atom. The molecule has 0 amide bonds. The van der Waals surface area contributed by atoms with Crippen LogP contribution < -0.4 is 0 Å². The molecule has 0 spiro atoms. The van der Waals surface area contributed by atoms with E-state index in [1.807, 2.05) is 0 Å². The molecule has 11 heavy (non-hydrogen) atoms. The van der Waals surface area contributed by atoms with Gasteiger partial charge in [-0.1, -0.05) is 11.4 Å². The Bertz CT molecular complexity index is 170. The van der Waals surface area contributed by atoms with Gasteiger partial charge in [0.2, 0.25) is 5.69 Å². The lowest BCUT2D eigenvalue weighted by Crippen LogP contribution is -2.15. The SMILES string of the molecule is CSP(O)(=S)OCC(F)(F)F. The summed E-state index contributed by atoms with van der Waals surface area (Å²) >= 11 is 5.05. The van der Waals surface area contributed by atoms with Gasteiger partial charge in [0.05, 0.1) is 0 Å². The lowest BCUT2D eigenvalue weighted by Gasteiger charge is -2.13. The molecule has 0 saturated carbocycles. The minimum Gasteiger partial charge on any atom is -0.337 e. The molecule has 0 bridgehead atoms. The summed E-state index contributed by atoms with van der Waals surface area (Å²) in [4.78, 5) is 8.85. The second-order valence-electron chi connectivity index (χ2n) is 1.54. The number of rotatable bonds is 3. The molecule has 2 nitrogen and oxygen atoms in total. The van der Waals surface area contributed by atoms with Gasteiger partial charge in [0.15, 0.2) is 6.61 Å². The van der Waals surface area contributed by atoms with Crippen LogP contribution in [0.25, 0.3) is 0 Å². The predicted octanol–water partition coefficient (Wildman–Crippen LogP) is 2.15. The average Bonchev–Trinajstić information content (AvgIpc) is 1.83. The Morgan fingerprint density at radius 1 is 1.64 bits per heavy atom. The van der Waals surface area contributed by atoms with Crippen LogP contribution in [-0.4, -0.2) is 23.9 Å². The highest BCUT2D eigenvalue weighted by molar-refractivity contribution is 8.67. The summed E-state index contributed by atoms with van der Waals surface area (Å²) in [6.45, 7) is -1.48. The molecule has 0 fully saturated rings. The first-order valence-corrected chi connectivity index (χ1v) is 6.87. The van der Waals surface area contributed by atoms with Gasteiger partial charge in [0.1, 0.15) is 0 Å². The molecule has 0 aliphatic carbocycles. The van der Waals surface area contributed by atoms with Gasteiger partial charge >= 0.3 is 6.18 Å². The minimum atomic E-state index is -4.43. The molecule has 1 unspecified atom stereocenters. The maximum atomic E-state index is 11.4. The van der Waals surface area contributed by atoms with Crippen molar-refractivity contribution in [2.75, 3.05) is 12.9 Å². The highest BCUT2D eigenvalue weighted by Gasteiger charge is 2.30. The molecular weight excluding hydrogens is 220 g/mol. The van der Waals surface area contributed by atoms with Crippen LogP contribution in [0.2, 0.25) is 0 Å². The third kappa shape index (κ3) is 7.08. The zero-order chi connectivity index (χ0) is 9.12. The van der Waals surface area contributed by atoms with E-state index < -0.39 is 18.5 Å². The minimum absolute atomic E-state index is 0.727. The van der Waals surface area contributed by atoms with Crippen LogP contribution in [0, 0.1) is 0 Å². The molecule has 0 saturated heterocycles. The van der Waals surface area contributed by atoms with Crippen molar-refractivity contribution in [2.45, 2.75) is 6.18 Å². The smallest absolute Gasteiger partial charge is 0.337 e. The summed E-state index contributed by atoms with van der Waals surface area (Å²) in [5.74, 6) is 0. The summed E-state index contributed by atoms with van der Waals surface area (Å²) in [5, 5.41) is 0. The maximum absolute atomic E-state index is 11.4. The monoisotopic (exact) mass is 226 g/mol. The van der Waals surface area contributed by atoms with Crippen molar-refractivity contribution in [3.8, 4) is 0 Å². The second-order valence-corrected chi connectivity index (χ2v) is 7.86. The molecule has 0 aliphatic heterocycles. The van der Waals surface area contributed by atoms with Crippen molar-refractivity contribution in [3.05, 3.63) is 0 Å². The van der Waals surface area contributed by atoms with Crippen LogP contribution in [0.3, 0.4) is 0 Å². The first-order chi connectivity index (χ1) is 4.77. The Morgan fingerprint density at radius 3 is 2.36 bits per heavy atom. The molecule has 1 N–H and O–H groups in total. The molecule has 0 aromatic rings. The fraction of sp³-hybridized carbons (Fsp3) is 1.00. The number of hydrogen-bond acceptors (Lipinski definition) is 3. The lowest BCUT2D eigenvalue weighted by molar-refractivity contribution is -0.152. The van der Waals surface area contributed by atoms with E-state index >= 15 is 0 Å². The van der Waals surface area contributed by atoms with Gasteiger partial charge in [-0.2, -0.15) is 13.2 Å². The standard InChI is InChI=1S/C3H6F3O2PS2/c1-11-9(7,10)8-2-3(4,5)6/h2H2,1H3,(H,7,10). The van der Waals surface area contributed by atoms with Crippen LogP contribution in [0.5, 0.6) is 0 Å². The third-order valence-corrected chi connectivity index (χ3v) is 4.90. The van der Waals surface area contributed by atoms with Gasteiger partial charge < -0.3 is 9.42 Å². The third-order valence-electron chi connectivity index (χ3n) is 0.622. The summed E-state index contributed by atoms with van der Waals surface area (Å²) in [7, 11) is 0. The van der Waals surface area contributed by atoms with Gasteiger partial charge in [-0.15, -0.1) is 0 Å². The summed E-state index contributed by atoms with van der Waals surface area (Å²) in [6.07, 6.45) is -3.03. The van der Waals surface area contributed by atoms with E-state index in [4.69, 9.17) is 4.89 Å². The zero-order valence-electron chi connectivity index (χ0n) is 5.46. The molecule has 0 heterocycles. The van der Waals surface area contributed by atoms with E-state index in [-0.39, 0.29) is 0 Å². The van der Waals surface area contributed by atoms with Crippen molar-refractivity contribution in [1.82, 2.24) is 0 Å². The summed E-state index contributed by atoms with van der Waals surface area (Å²) in [6, 6.07) is 0. The van der Waals surface area contributed by atoms with Crippen LogP contribution in [0.1, 0.15) is 0 Å². The fourth-order valence-corrected chi connectivity index (χ4v) is 1.25. The molecule has 1 atom stereocenters. The van der Waals surface area contributed by atoms with Gasteiger partial charge in [-0.25, -0.2) is 0 Å². The Labute approximate surface area is 71.0 Å². The normalized spacial score (nSPS) is 17.9. The molecule has 68 valence electrons. The first kappa shape index (κ1) is 11.7. The van der Waals surface area contributed by atoms with Crippen LogP contribution >= 0.6 is 17.1 Å². The summed E-state index contributed by atoms with van der Waals surface area (Å²) < 4.78 is 38.4. The molecule has 0 radical (unpaired) electrons. The average molecular weight is 226 g/mol. The largest absolute Gasteiger partial charge is 0.412 e. The molecule has 0 aromatic carbocycles. The highest BCUT2D eigenvalue weighted by atomic mass is 32.9. The topological polar surface area (TPSA) is 29.5 Å². The van der Waals surface area contributed by atoms with E-state index in [0.29, 0.717) is 0 Å². The molecule has 0 aromatic heterocycles. The van der Waals surface area contributed by atoms with Crippen molar-refractivity contribution in [3.63, 3.8) is 0 Å². The Hall–Kier alpha value is 0.710. The van der Waals surface area contributed by atoms with E-state index in [1.165, 1.54) is 6.26 Å². The first-order valence-electron chi connectivity index (χ1n) is 2.37. The summed E-state index contributed by atoms with van der Waals surface area (Å²) in [5.41, 5.74) is -3.24. The number of halogens is 3. The van der Waals surface area contributed by atoms with E-state index in [1.54, 1.807) is 0 Å². The van der Waals surface area contributed by atoms with Crippen LogP contribution in [0.15, 0.2) is 0 Å². The van der Waals surface area contributed by atoms with Crippen molar-refractivity contribution in [2.24, 2.45) is 0 Å². The molecule has 0 aliphatic rings. The Balaban J connectivity index is 3.80. The molecule has 0 rings (SSSR count). The highest BCUT2D eigenvalue weighted by Crippen LogP contribution is 2.54. The van der Waals surface area contributed by atoms with Crippen molar-refractivity contribution >= 4 is 28.9 Å². The van der Waals surface area contributed by atoms with Gasteiger partial charge in [-0.3, -0.25) is 0 Å². The van der Waals surface area contributed by atoms with Crippen molar-refractivity contribution < 1.29 is 22.6 Å². The molecule has 8 heteroatoms. The number of hydrogen-bond donors (Lipinski definition) is 1. The van der Waals surface area contributed by atoms with E-state index in [9.17, 15) is 13.2 Å². The quantitative estimate of drug-likeness (QED) is 0.746. The fourth-order valence-electron chi connectivity index (χ4n) is 0.207. The lowest BCUT2D eigenvalue weighted by atomic mass is 10.7. The van der Waals surface area contributed by atoms with Crippen LogP contribution in [0.4, 0.5) is 13.2 Å². The predicted molar refractivity (Wildman–Crippen MR) is 42.0 cm³/mol.